The molecule has 2 aromatic rings. The van der Waals surface area contributed by atoms with E-state index in [-0.39, 0.29) is 5.91 Å². The van der Waals surface area contributed by atoms with Gasteiger partial charge in [-0.3, -0.25) is 4.79 Å². The Kier molecular flexibility index (Phi) is 5.48. The normalized spacial score (nSPS) is 14.7. The van der Waals surface area contributed by atoms with Crippen LogP contribution in [0, 0.1) is 6.92 Å². The van der Waals surface area contributed by atoms with Gasteiger partial charge >= 0.3 is 0 Å². The van der Waals surface area contributed by atoms with Crippen LogP contribution >= 0.6 is 11.8 Å². The predicted molar refractivity (Wildman–Crippen MR) is 95.3 cm³/mol. The molecule has 0 radical (unpaired) electrons. The summed E-state index contributed by atoms with van der Waals surface area (Å²) in [5.74, 6) is 1.53. The Morgan fingerprint density at radius 2 is 1.92 bits per heavy atom. The lowest BCUT2D eigenvalue weighted by atomic mass is 10.1. The second kappa shape index (κ2) is 7.77. The monoisotopic (exact) mass is 343 g/mol. The van der Waals surface area contributed by atoms with Crippen LogP contribution in [-0.2, 0) is 4.74 Å². The molecule has 0 spiro atoms. The second-order valence-corrected chi connectivity index (χ2v) is 6.77. The third kappa shape index (κ3) is 3.60. The molecule has 24 heavy (non-hydrogen) atoms. The lowest BCUT2D eigenvalue weighted by Gasteiger charge is -2.27. The summed E-state index contributed by atoms with van der Waals surface area (Å²) in [6.07, 6.45) is 0. The lowest BCUT2D eigenvalue weighted by molar-refractivity contribution is 0.0299. The highest BCUT2D eigenvalue weighted by molar-refractivity contribution is 7.99. The van der Waals surface area contributed by atoms with Crippen molar-refractivity contribution in [2.45, 2.75) is 18.9 Å². The van der Waals surface area contributed by atoms with Gasteiger partial charge in [0.25, 0.3) is 5.91 Å². The van der Waals surface area contributed by atoms with Crippen LogP contribution in [0.4, 0.5) is 0 Å². The number of morpholine rings is 1. The summed E-state index contributed by atoms with van der Waals surface area (Å²) < 4.78 is 5.34. The smallest absolute Gasteiger partial charge is 0.258 e. The minimum atomic E-state index is 0.00589. The van der Waals surface area contributed by atoms with Crippen molar-refractivity contribution in [2.75, 3.05) is 32.1 Å². The van der Waals surface area contributed by atoms with Crippen molar-refractivity contribution in [3.8, 4) is 11.4 Å². The number of carbonyl (C=O) groups is 1. The van der Waals surface area contributed by atoms with Crippen molar-refractivity contribution in [1.29, 1.82) is 0 Å². The van der Waals surface area contributed by atoms with Gasteiger partial charge in [0.05, 0.1) is 24.5 Å². The first-order chi connectivity index (χ1) is 11.7. The fourth-order valence-corrected chi connectivity index (χ4v) is 3.48. The van der Waals surface area contributed by atoms with Gasteiger partial charge < -0.3 is 9.64 Å². The number of hydrogen-bond donors (Lipinski definition) is 0. The number of amides is 1. The SMILES string of the molecule is CCSc1nc(-c2ccccc2)nc(C)c1C(=O)N1CCOCC1. The van der Waals surface area contributed by atoms with Crippen molar-refractivity contribution in [3.05, 3.63) is 41.6 Å². The average Bonchev–Trinajstić information content (AvgIpc) is 2.63. The van der Waals surface area contributed by atoms with Gasteiger partial charge in [0.2, 0.25) is 0 Å². The molecule has 5 nitrogen and oxygen atoms in total. The average molecular weight is 343 g/mol. The summed E-state index contributed by atoms with van der Waals surface area (Å²) in [6, 6.07) is 9.87. The largest absolute Gasteiger partial charge is 0.378 e. The van der Waals surface area contributed by atoms with Crippen molar-refractivity contribution >= 4 is 17.7 Å². The molecule has 1 fully saturated rings. The molecule has 0 saturated carbocycles. The van der Waals surface area contributed by atoms with E-state index in [0.29, 0.717) is 37.7 Å². The van der Waals surface area contributed by atoms with Gasteiger partial charge in [0.15, 0.2) is 5.82 Å². The summed E-state index contributed by atoms with van der Waals surface area (Å²) in [7, 11) is 0. The maximum absolute atomic E-state index is 12.9. The molecular formula is C18H21N3O2S. The highest BCUT2D eigenvalue weighted by Gasteiger charge is 2.25. The molecule has 1 aromatic heterocycles. The number of aromatic nitrogens is 2. The maximum atomic E-state index is 12.9. The van der Waals surface area contributed by atoms with E-state index in [1.807, 2.05) is 42.2 Å². The molecule has 0 N–H and O–H groups in total. The fraction of sp³-hybridized carbons (Fsp3) is 0.389. The zero-order valence-corrected chi connectivity index (χ0v) is 14.8. The molecule has 1 amide bonds. The molecule has 1 aliphatic rings. The van der Waals surface area contributed by atoms with E-state index in [2.05, 4.69) is 16.9 Å². The maximum Gasteiger partial charge on any atom is 0.258 e. The molecule has 0 aliphatic carbocycles. The minimum absolute atomic E-state index is 0.00589. The number of ether oxygens (including phenoxy) is 1. The number of benzene rings is 1. The Bertz CT molecular complexity index is 716. The van der Waals surface area contributed by atoms with E-state index in [0.717, 1.165) is 22.0 Å². The number of hydrogen-bond acceptors (Lipinski definition) is 5. The number of thioether (sulfide) groups is 1. The van der Waals surface area contributed by atoms with Crippen LogP contribution in [-0.4, -0.2) is 52.8 Å². The number of nitrogens with zero attached hydrogens (tertiary/aromatic N) is 3. The molecule has 6 heteroatoms. The molecule has 1 saturated heterocycles. The quantitative estimate of drug-likeness (QED) is 0.631. The van der Waals surface area contributed by atoms with Gasteiger partial charge in [0.1, 0.15) is 5.03 Å². The van der Waals surface area contributed by atoms with Gasteiger partial charge in [-0.15, -0.1) is 11.8 Å². The minimum Gasteiger partial charge on any atom is -0.378 e. The van der Waals surface area contributed by atoms with Gasteiger partial charge in [-0.25, -0.2) is 9.97 Å². The predicted octanol–water partition coefficient (Wildman–Crippen LogP) is 3.04. The van der Waals surface area contributed by atoms with Crippen LogP contribution in [0.1, 0.15) is 23.0 Å². The topological polar surface area (TPSA) is 55.3 Å². The molecule has 2 heterocycles. The standard InChI is InChI=1S/C18H21N3O2S/c1-3-24-17-15(18(22)21-9-11-23-12-10-21)13(2)19-16(20-17)14-7-5-4-6-8-14/h4-8H,3,9-12H2,1-2H3. The number of rotatable bonds is 4. The first-order valence-electron chi connectivity index (χ1n) is 8.14. The van der Waals surface area contributed by atoms with Crippen LogP contribution in [0.15, 0.2) is 35.4 Å². The molecule has 1 aliphatic heterocycles. The lowest BCUT2D eigenvalue weighted by Crippen LogP contribution is -2.41. The summed E-state index contributed by atoms with van der Waals surface area (Å²) >= 11 is 1.59. The zero-order valence-electron chi connectivity index (χ0n) is 14.0. The van der Waals surface area contributed by atoms with Crippen molar-refractivity contribution in [2.24, 2.45) is 0 Å². The summed E-state index contributed by atoms with van der Waals surface area (Å²) in [5.41, 5.74) is 2.32. The Balaban J connectivity index is 2.00. The van der Waals surface area contributed by atoms with Crippen LogP contribution in [0.2, 0.25) is 0 Å². The fourth-order valence-electron chi connectivity index (χ4n) is 2.67. The Labute approximate surface area is 146 Å². The highest BCUT2D eigenvalue weighted by atomic mass is 32.2. The number of aryl methyl sites for hydroxylation is 1. The van der Waals surface area contributed by atoms with Crippen LogP contribution in [0.5, 0.6) is 0 Å². The summed E-state index contributed by atoms with van der Waals surface area (Å²) in [6.45, 7) is 6.37. The van der Waals surface area contributed by atoms with Crippen molar-refractivity contribution < 1.29 is 9.53 Å². The van der Waals surface area contributed by atoms with Gasteiger partial charge in [-0.1, -0.05) is 37.3 Å². The molecule has 0 atom stereocenters. The van der Waals surface area contributed by atoms with E-state index in [1.54, 1.807) is 11.8 Å². The Morgan fingerprint density at radius 3 is 2.58 bits per heavy atom. The molecule has 126 valence electrons. The summed E-state index contributed by atoms with van der Waals surface area (Å²) in [4.78, 5) is 24.1. The third-order valence-electron chi connectivity index (χ3n) is 3.88. The van der Waals surface area contributed by atoms with Gasteiger partial charge in [-0.05, 0) is 12.7 Å². The van der Waals surface area contributed by atoms with E-state index < -0.39 is 0 Å². The first-order valence-corrected chi connectivity index (χ1v) is 9.13. The van der Waals surface area contributed by atoms with E-state index >= 15 is 0 Å². The first kappa shape index (κ1) is 16.9. The van der Waals surface area contributed by atoms with Crippen LogP contribution in [0.25, 0.3) is 11.4 Å². The summed E-state index contributed by atoms with van der Waals surface area (Å²) in [5, 5.41) is 0.764. The van der Waals surface area contributed by atoms with Crippen molar-refractivity contribution in [1.82, 2.24) is 14.9 Å². The van der Waals surface area contributed by atoms with E-state index in [4.69, 9.17) is 4.74 Å². The second-order valence-electron chi connectivity index (χ2n) is 5.52. The Hall–Kier alpha value is -1.92. The molecule has 1 aromatic carbocycles. The van der Waals surface area contributed by atoms with Crippen LogP contribution < -0.4 is 0 Å². The molecular weight excluding hydrogens is 322 g/mol. The zero-order chi connectivity index (χ0) is 16.9. The Morgan fingerprint density at radius 1 is 1.21 bits per heavy atom. The third-order valence-corrected chi connectivity index (χ3v) is 4.74. The van der Waals surface area contributed by atoms with E-state index in [1.165, 1.54) is 0 Å². The van der Waals surface area contributed by atoms with Crippen LogP contribution in [0.3, 0.4) is 0 Å². The molecule has 3 rings (SSSR count). The van der Waals surface area contributed by atoms with E-state index in [9.17, 15) is 4.79 Å². The molecule has 0 bridgehead atoms. The van der Waals surface area contributed by atoms with Gasteiger partial charge in [-0.2, -0.15) is 0 Å². The van der Waals surface area contributed by atoms with Crippen molar-refractivity contribution in [3.63, 3.8) is 0 Å². The highest BCUT2D eigenvalue weighted by Crippen LogP contribution is 2.27. The van der Waals surface area contributed by atoms with Gasteiger partial charge in [0, 0.05) is 18.7 Å². The number of carbonyl (C=O) groups excluding carboxylic acids is 1. The molecule has 0 unspecified atom stereocenters.